The maximum atomic E-state index is 15.0. The van der Waals surface area contributed by atoms with Crippen LogP contribution in [0.5, 0.6) is 11.6 Å². The normalized spacial score (nSPS) is 24.9. The Kier molecular flexibility index (Phi) is 29.2. The predicted molar refractivity (Wildman–Crippen MR) is 467 cm³/mol. The van der Waals surface area contributed by atoms with Crippen molar-refractivity contribution in [2.45, 2.75) is 144 Å². The van der Waals surface area contributed by atoms with Gasteiger partial charge < -0.3 is 58.4 Å². The minimum atomic E-state index is -3.79. The van der Waals surface area contributed by atoms with Gasteiger partial charge in [-0.15, -0.1) is 12.8 Å². The maximum Gasteiger partial charge on any atom is 0.275 e. The Morgan fingerprint density at radius 1 is 0.471 bits per heavy atom. The fourth-order valence-electron chi connectivity index (χ4n) is 12.9. The van der Waals surface area contributed by atoms with Crippen LogP contribution in [0, 0.1) is 48.0 Å². The van der Waals surface area contributed by atoms with Crippen LogP contribution in [0.4, 0.5) is 40.3 Å². The minimum absolute atomic E-state index is 0.0275. The molecule has 40 heteroatoms. The highest BCUT2D eigenvalue weighted by atomic mass is 32.2. The molecule has 654 valence electrons. The zero-order valence-corrected chi connectivity index (χ0v) is 74.2. The lowest BCUT2D eigenvalue weighted by Crippen LogP contribution is -2.50. The van der Waals surface area contributed by atoms with Gasteiger partial charge in [-0.05, 0) is 201 Å². The number of pyridine rings is 1. The van der Waals surface area contributed by atoms with E-state index in [0.717, 1.165) is 8.61 Å². The van der Waals surface area contributed by atoms with Crippen LogP contribution >= 0.6 is 0 Å². The monoisotopic (exact) mass is 1760 g/mol. The number of hydrogen-bond donors (Lipinski definition) is 8. The van der Waals surface area contributed by atoms with Crippen LogP contribution in [0.15, 0.2) is 123 Å². The molecule has 7 atom stereocenters. The number of carbonyl (C=O) groups excluding carboxylic acids is 4. The number of sulfonamides is 2. The van der Waals surface area contributed by atoms with E-state index in [9.17, 15) is 57.6 Å². The molecule has 0 radical (unpaired) electrons. The smallest absolute Gasteiger partial charge is 0.275 e. The highest BCUT2D eigenvalue weighted by molar-refractivity contribution is 8.00. The second-order valence-electron chi connectivity index (χ2n) is 31.8. The molecule has 0 saturated carbocycles. The third kappa shape index (κ3) is 20.5. The number of amidine groups is 4. The van der Waals surface area contributed by atoms with E-state index in [0.29, 0.717) is 28.5 Å². The van der Waals surface area contributed by atoms with Crippen LogP contribution in [-0.2, 0) is 75.9 Å². The molecule has 2 unspecified atom stereocenters. The molecule has 4 aliphatic rings. The van der Waals surface area contributed by atoms with E-state index in [1.165, 1.54) is 153 Å². The number of carbonyl (C=O) groups is 4. The lowest BCUT2D eigenvalue weighted by Gasteiger charge is -2.33. The summed E-state index contributed by atoms with van der Waals surface area (Å²) in [5.74, 6) is 9.10. The summed E-state index contributed by atoms with van der Waals surface area (Å²) in [5.41, 5.74) is 21.8. The van der Waals surface area contributed by atoms with Crippen molar-refractivity contribution in [3.05, 3.63) is 160 Å². The van der Waals surface area contributed by atoms with Crippen molar-refractivity contribution in [3.8, 4) is 36.3 Å². The lowest BCUT2D eigenvalue weighted by atomic mass is 9.91. The summed E-state index contributed by atoms with van der Waals surface area (Å²) in [6, 6.07) is 19.5. The van der Waals surface area contributed by atoms with Crippen molar-refractivity contribution in [1.29, 1.82) is 0 Å². The van der Waals surface area contributed by atoms with Crippen LogP contribution < -0.4 is 53.7 Å². The summed E-state index contributed by atoms with van der Waals surface area (Å²) in [6.07, 6.45) is 13.5. The topological polar surface area (TPSA) is 452 Å². The molecule has 0 spiro atoms. The molecular formula is C81H105F4N19O13S4. The fraction of sp³-hybridized carbons (Fsp3) is 0.420. The molecular weight excluding hydrogens is 1650 g/mol. The number of amides is 4. The van der Waals surface area contributed by atoms with Gasteiger partial charge in [0.1, 0.15) is 118 Å². The van der Waals surface area contributed by atoms with E-state index < -0.39 is 128 Å². The Hall–Kier alpha value is -10.9. The van der Waals surface area contributed by atoms with E-state index in [-0.39, 0.29) is 108 Å². The molecule has 4 amide bonds. The molecule has 121 heavy (non-hydrogen) atoms. The Labute approximate surface area is 705 Å². The molecule has 6 aromatic rings. The molecule has 0 bridgehead atoms. The van der Waals surface area contributed by atoms with Gasteiger partial charge in [0, 0.05) is 119 Å². The van der Waals surface area contributed by atoms with Gasteiger partial charge in [0.2, 0.25) is 31.8 Å². The molecule has 32 nitrogen and oxygen atoms in total. The SMILES string of the molecule is C#CCOc1ccc(C(=O)Nc2ccc(F)c([C@]3(C)CN(C)S(=C)(=O)C(C)(C)C(N)=N3)c2)nc1.C#CCOc1cnc(C(=O)Nc2ccc(F)c([C@]3(C)CN(C)S(=C)(=O)C(C)(C)C(N)=N3)c2)cn1.CC(=O)Nc1ccc(F)c([C@]2(C)CN(C)S(=O)(=O)C(C)(C)C(N)=N2)c1.CO[C@@H](C)C(=O)Nc1ccc(F)c([C@]2(C)CN(C)S(=O)(=O)C(C)(C)C(N)=N2)c1. The molecule has 0 aliphatic carbocycles. The first-order valence-electron chi connectivity index (χ1n) is 37.1. The Morgan fingerprint density at radius 3 is 1.12 bits per heavy atom. The molecule has 6 heterocycles. The number of terminal acetylenes is 2. The van der Waals surface area contributed by atoms with Crippen molar-refractivity contribution in [3.63, 3.8) is 0 Å². The number of nitrogens with two attached hydrogens (primary N) is 4. The first-order chi connectivity index (χ1) is 55.7. The largest absolute Gasteiger partial charge is 0.479 e. The summed E-state index contributed by atoms with van der Waals surface area (Å²) in [6.45, 7) is 22.3. The summed E-state index contributed by atoms with van der Waals surface area (Å²) in [4.78, 5) is 78.6. The molecule has 2 aromatic heterocycles. The summed E-state index contributed by atoms with van der Waals surface area (Å²) in [5, 5.41) is 10.6. The average molecular weight is 1760 g/mol. The molecule has 4 aliphatic heterocycles. The number of ether oxygens (including phenoxy) is 3. The zero-order chi connectivity index (χ0) is 91.3. The van der Waals surface area contributed by atoms with E-state index in [1.54, 1.807) is 91.1 Å². The number of anilines is 4. The van der Waals surface area contributed by atoms with Crippen molar-refractivity contribution in [1.82, 2.24) is 32.2 Å². The number of aliphatic imine (C=N–C) groups is 4. The van der Waals surface area contributed by atoms with Crippen molar-refractivity contribution >= 4 is 121 Å². The Morgan fingerprint density at radius 2 is 0.793 bits per heavy atom. The molecule has 0 fully saturated rings. The van der Waals surface area contributed by atoms with Crippen LogP contribution in [0.3, 0.4) is 0 Å². The second-order valence-corrected chi connectivity index (χ2v) is 42.9. The van der Waals surface area contributed by atoms with Gasteiger partial charge in [0.05, 0.1) is 18.6 Å². The van der Waals surface area contributed by atoms with Crippen molar-refractivity contribution in [2.24, 2.45) is 42.9 Å². The second kappa shape index (κ2) is 36.4. The Balaban J connectivity index is 0.000000224. The van der Waals surface area contributed by atoms with Gasteiger partial charge in [-0.2, -0.15) is 0 Å². The minimum Gasteiger partial charge on any atom is -0.479 e. The maximum absolute atomic E-state index is 15.0. The van der Waals surface area contributed by atoms with Gasteiger partial charge in [0.15, 0.2) is 6.61 Å². The fourth-order valence-corrected chi connectivity index (χ4v) is 19.2. The number of benzene rings is 4. The average Bonchev–Trinajstić information content (AvgIpc) is 1.62. The third-order valence-corrected chi connectivity index (χ3v) is 32.0. The number of likely N-dealkylation sites (N-methyl/N-ethyl adjacent to an activating group) is 4. The van der Waals surface area contributed by atoms with Crippen LogP contribution in [-0.4, -0.2) is 216 Å². The number of nitrogens with zero attached hydrogens (tertiary/aromatic N) is 11. The summed E-state index contributed by atoms with van der Waals surface area (Å²) in [7, 11) is -5.71. The number of methoxy groups -OCH3 is 1. The lowest BCUT2D eigenvalue weighted by molar-refractivity contribution is -0.124. The van der Waals surface area contributed by atoms with Crippen LogP contribution in [0.1, 0.15) is 140 Å². The van der Waals surface area contributed by atoms with E-state index >= 15 is 4.39 Å². The number of aromatic nitrogens is 3. The number of nitrogens with one attached hydrogen (secondary N) is 4. The molecule has 0 saturated heterocycles. The van der Waals surface area contributed by atoms with Gasteiger partial charge in [0.25, 0.3) is 17.7 Å². The highest BCUT2D eigenvalue weighted by Gasteiger charge is 2.52. The molecule has 12 N–H and O–H groups in total. The summed E-state index contributed by atoms with van der Waals surface area (Å²) >= 11 is 0. The summed E-state index contributed by atoms with van der Waals surface area (Å²) < 4.78 is 153. The van der Waals surface area contributed by atoms with Gasteiger partial charge >= 0.3 is 0 Å². The first-order valence-corrected chi connectivity index (χ1v) is 43.3. The predicted octanol–water partition coefficient (Wildman–Crippen LogP) is 7.06. The first kappa shape index (κ1) is 97.2. The van der Waals surface area contributed by atoms with Gasteiger partial charge in [-0.25, -0.2) is 66.6 Å². The standard InChI is InChI=1S/C24H28FN5O3S.C23H27FN6O3S.C18H27FN4O4S.C16H23FN4O3S/c1-7-12-33-17-9-11-20(27-14-17)21(31)28-16-8-10-19(25)18(13-16)24(4)15-30(5)34(6,32)23(2,3)22(26)29-24;1-7-10-33-19-13-26-18(12-27-19)20(31)28-15-8-9-17(24)16(11-15)23(4)14-30(5)34(6,32)22(2,3)21(25)29-23;1-11(27-6)15(24)21-12-7-8-14(19)13(9-12)18(4)10-23(5)28(25,26)17(2,3)16(20)22-18;1-10(22)19-11-6-7-13(17)12(8-11)16(4)9-21(5)25(23,24)15(2,3)14(18)20-16/h1,8-11,13-14H,6,12,15H2,2-5H3,(H2,26,29)(H,28,31);1,8-9,11-13H,6,10,14H2,2-5H3,(H2,25,29)(H,28,31);7-9,11H,10H2,1-6H3,(H2,20,22)(H,21,24);6-8H,9H2,1-5H3,(H2,18,20)(H,19,22)/t24-,34?;23-,34?;11-,18-;16-/m0000/s1. The number of rotatable bonds is 16. The van der Waals surface area contributed by atoms with E-state index in [2.05, 4.69) is 79.8 Å². The van der Waals surface area contributed by atoms with Crippen LogP contribution in [0.25, 0.3) is 0 Å². The third-order valence-electron chi connectivity index (χ3n) is 21.2. The quantitative estimate of drug-likeness (QED) is 0.0273. The molecule has 4 aromatic carbocycles. The number of hydrogen-bond acceptors (Lipinski definition) is 24. The molecule has 10 rings (SSSR count). The van der Waals surface area contributed by atoms with E-state index in [4.69, 9.17) is 50.0 Å². The van der Waals surface area contributed by atoms with Gasteiger partial charge in [-0.3, -0.25) is 47.6 Å². The Bertz CT molecular complexity index is 5510. The van der Waals surface area contributed by atoms with Crippen molar-refractivity contribution in [2.75, 3.05) is 96.0 Å². The van der Waals surface area contributed by atoms with Crippen molar-refractivity contribution < 1.29 is 76.2 Å². The van der Waals surface area contributed by atoms with Crippen LogP contribution in [0.2, 0.25) is 0 Å². The van der Waals surface area contributed by atoms with E-state index in [1.807, 2.05) is 0 Å². The zero-order valence-electron chi connectivity index (χ0n) is 70.9. The number of halogens is 4. The highest BCUT2D eigenvalue weighted by Crippen LogP contribution is 2.42. The van der Waals surface area contributed by atoms with Gasteiger partial charge in [-0.1, -0.05) is 11.8 Å².